The van der Waals surface area contributed by atoms with Crippen molar-refractivity contribution in [2.75, 3.05) is 24.5 Å². The number of hydrogen-bond donors (Lipinski definition) is 0. The number of carbonyl (C=O) groups is 2. The van der Waals surface area contributed by atoms with Gasteiger partial charge in [0, 0.05) is 44.0 Å². The zero-order valence-corrected chi connectivity index (χ0v) is 19.3. The van der Waals surface area contributed by atoms with Crippen molar-refractivity contribution in [1.29, 1.82) is 0 Å². The smallest absolute Gasteiger partial charge is 0.410 e. The molecular formula is C24H26N4O3S. The Hall–Kier alpha value is -3.26. The maximum atomic E-state index is 13.0. The van der Waals surface area contributed by atoms with Crippen molar-refractivity contribution in [2.45, 2.75) is 32.8 Å². The predicted molar refractivity (Wildman–Crippen MR) is 126 cm³/mol. The van der Waals surface area contributed by atoms with Crippen LogP contribution in [0.5, 0.6) is 0 Å². The van der Waals surface area contributed by atoms with Gasteiger partial charge in [0.15, 0.2) is 5.13 Å². The average molecular weight is 451 g/mol. The number of carbonyl (C=O) groups excluding carboxylic acids is 2. The molecule has 8 heteroatoms. The van der Waals surface area contributed by atoms with E-state index in [0.717, 1.165) is 21.7 Å². The lowest BCUT2D eigenvalue weighted by molar-refractivity contribution is -0.118. The van der Waals surface area contributed by atoms with Crippen LogP contribution in [0.3, 0.4) is 0 Å². The number of hydrogen-bond acceptors (Lipinski definition) is 6. The summed E-state index contributed by atoms with van der Waals surface area (Å²) >= 11 is 1.49. The van der Waals surface area contributed by atoms with E-state index in [4.69, 9.17) is 9.72 Å². The van der Waals surface area contributed by atoms with E-state index >= 15 is 0 Å². The Balaban J connectivity index is 1.64. The lowest BCUT2D eigenvalue weighted by atomic mass is 10.1. The molecule has 3 heterocycles. The molecular weight excluding hydrogens is 424 g/mol. The van der Waals surface area contributed by atoms with Crippen LogP contribution in [0.2, 0.25) is 0 Å². The second kappa shape index (κ2) is 9.08. The Morgan fingerprint density at radius 3 is 2.41 bits per heavy atom. The van der Waals surface area contributed by atoms with Gasteiger partial charge in [-0.25, -0.2) is 9.78 Å². The fraction of sp³-hybridized carbons (Fsp3) is 0.333. The minimum absolute atomic E-state index is 0.0503. The van der Waals surface area contributed by atoms with E-state index < -0.39 is 11.7 Å². The SMILES string of the molecule is CC(C)(C)OC(=O)N1CCC(=O)N(c2nc(-c3ccncc3)c(-c3ccccc3)s2)CC1. The molecule has 0 N–H and O–H groups in total. The first kappa shape index (κ1) is 22.0. The summed E-state index contributed by atoms with van der Waals surface area (Å²) in [6.07, 6.45) is 3.30. The van der Waals surface area contributed by atoms with Crippen LogP contribution >= 0.6 is 11.3 Å². The quantitative estimate of drug-likeness (QED) is 0.570. The Bertz CT molecular complexity index is 1040. The van der Waals surface area contributed by atoms with E-state index in [1.54, 1.807) is 22.2 Å². The van der Waals surface area contributed by atoms with Crippen molar-refractivity contribution < 1.29 is 14.3 Å². The van der Waals surface area contributed by atoms with E-state index in [0.29, 0.717) is 24.8 Å². The number of thiazole rings is 1. The van der Waals surface area contributed by atoms with Crippen LogP contribution < -0.4 is 4.90 Å². The molecule has 2 amide bonds. The number of nitrogens with zero attached hydrogens (tertiary/aromatic N) is 4. The highest BCUT2D eigenvalue weighted by Crippen LogP contribution is 2.40. The van der Waals surface area contributed by atoms with E-state index in [-0.39, 0.29) is 12.3 Å². The van der Waals surface area contributed by atoms with Gasteiger partial charge in [0.05, 0.1) is 10.6 Å². The molecule has 1 aliphatic heterocycles. The van der Waals surface area contributed by atoms with E-state index in [1.165, 1.54) is 11.3 Å². The number of anilines is 1. The van der Waals surface area contributed by atoms with Gasteiger partial charge in [-0.3, -0.25) is 14.7 Å². The lowest BCUT2D eigenvalue weighted by Crippen LogP contribution is -2.39. The molecule has 0 bridgehead atoms. The van der Waals surface area contributed by atoms with E-state index in [1.807, 2.05) is 63.2 Å². The Kier molecular flexibility index (Phi) is 6.23. The highest BCUT2D eigenvalue weighted by Gasteiger charge is 2.30. The van der Waals surface area contributed by atoms with Gasteiger partial charge >= 0.3 is 6.09 Å². The summed E-state index contributed by atoms with van der Waals surface area (Å²) < 4.78 is 5.49. The third kappa shape index (κ3) is 4.96. The molecule has 1 fully saturated rings. The monoisotopic (exact) mass is 450 g/mol. The number of amides is 2. The van der Waals surface area contributed by atoms with Crippen molar-refractivity contribution in [3.8, 4) is 21.7 Å². The van der Waals surface area contributed by atoms with Gasteiger partial charge in [0.1, 0.15) is 5.60 Å². The first-order chi connectivity index (χ1) is 15.3. The van der Waals surface area contributed by atoms with Gasteiger partial charge in [-0.05, 0) is 38.5 Å². The molecule has 0 atom stereocenters. The van der Waals surface area contributed by atoms with Crippen molar-refractivity contribution in [1.82, 2.24) is 14.9 Å². The third-order valence-corrected chi connectivity index (χ3v) is 6.11. The van der Waals surface area contributed by atoms with Gasteiger partial charge in [-0.1, -0.05) is 41.7 Å². The summed E-state index contributed by atoms with van der Waals surface area (Å²) in [6, 6.07) is 13.9. The number of aromatic nitrogens is 2. The first-order valence-electron chi connectivity index (χ1n) is 10.6. The maximum absolute atomic E-state index is 13.0. The molecule has 1 aliphatic rings. The van der Waals surface area contributed by atoms with Crippen LogP contribution in [0.15, 0.2) is 54.9 Å². The zero-order chi connectivity index (χ0) is 22.7. The Labute approximate surface area is 191 Å². The van der Waals surface area contributed by atoms with Crippen molar-refractivity contribution >= 4 is 28.5 Å². The second-order valence-corrected chi connectivity index (χ2v) is 9.52. The van der Waals surface area contributed by atoms with E-state index in [9.17, 15) is 9.59 Å². The second-order valence-electron chi connectivity index (χ2n) is 8.54. The third-order valence-electron chi connectivity index (χ3n) is 4.98. The zero-order valence-electron chi connectivity index (χ0n) is 18.4. The fourth-order valence-electron chi connectivity index (χ4n) is 3.45. The summed E-state index contributed by atoms with van der Waals surface area (Å²) in [5, 5.41) is 0.631. The van der Waals surface area contributed by atoms with Gasteiger partial charge in [-0.2, -0.15) is 0 Å². The van der Waals surface area contributed by atoms with Crippen LogP contribution in [0.4, 0.5) is 9.93 Å². The number of benzene rings is 1. The van der Waals surface area contributed by atoms with Gasteiger partial charge in [-0.15, -0.1) is 0 Å². The molecule has 3 aromatic rings. The molecule has 0 unspecified atom stereocenters. The van der Waals surface area contributed by atoms with Gasteiger partial charge < -0.3 is 9.64 Å². The normalized spacial score (nSPS) is 14.9. The lowest BCUT2D eigenvalue weighted by Gasteiger charge is -2.26. The summed E-state index contributed by atoms with van der Waals surface area (Å²) in [6.45, 7) is 6.60. The summed E-state index contributed by atoms with van der Waals surface area (Å²) in [5.74, 6) is -0.0503. The maximum Gasteiger partial charge on any atom is 0.410 e. The molecule has 32 heavy (non-hydrogen) atoms. The predicted octanol–water partition coefficient (Wildman–Crippen LogP) is 4.85. The molecule has 0 radical (unpaired) electrons. The molecule has 0 aliphatic carbocycles. The van der Waals surface area contributed by atoms with Crippen molar-refractivity contribution in [3.63, 3.8) is 0 Å². The summed E-state index contributed by atoms with van der Waals surface area (Å²) in [5.41, 5.74) is 2.23. The van der Waals surface area contributed by atoms with Gasteiger partial charge in [0.2, 0.25) is 5.91 Å². The minimum atomic E-state index is -0.577. The Morgan fingerprint density at radius 1 is 1.00 bits per heavy atom. The summed E-state index contributed by atoms with van der Waals surface area (Å²) in [7, 11) is 0. The van der Waals surface area contributed by atoms with E-state index in [2.05, 4.69) is 4.98 Å². The molecule has 7 nitrogen and oxygen atoms in total. The van der Waals surface area contributed by atoms with Gasteiger partial charge in [0.25, 0.3) is 0 Å². The fourth-order valence-corrected chi connectivity index (χ4v) is 4.59. The Morgan fingerprint density at radius 2 is 1.72 bits per heavy atom. The molecule has 0 saturated carbocycles. The first-order valence-corrected chi connectivity index (χ1v) is 11.4. The number of rotatable bonds is 3. The van der Waals surface area contributed by atoms with Crippen LogP contribution in [0.25, 0.3) is 21.7 Å². The standard InChI is InChI=1S/C24H26N4O3S/c1-24(2,3)31-23(30)27-14-11-19(29)28(16-15-27)22-26-20(17-9-12-25-13-10-17)21(32-22)18-7-5-4-6-8-18/h4-10,12-13H,11,14-16H2,1-3H3. The molecule has 1 saturated heterocycles. The van der Waals surface area contributed by atoms with Crippen LogP contribution in [0.1, 0.15) is 27.2 Å². The minimum Gasteiger partial charge on any atom is -0.444 e. The number of pyridine rings is 1. The highest BCUT2D eigenvalue weighted by molar-refractivity contribution is 7.19. The largest absolute Gasteiger partial charge is 0.444 e. The van der Waals surface area contributed by atoms with Crippen molar-refractivity contribution in [2.24, 2.45) is 0 Å². The molecule has 166 valence electrons. The molecule has 1 aromatic carbocycles. The van der Waals surface area contributed by atoms with Crippen LogP contribution in [-0.4, -0.2) is 52.1 Å². The highest BCUT2D eigenvalue weighted by atomic mass is 32.1. The average Bonchev–Trinajstić information content (AvgIpc) is 3.11. The molecule has 0 spiro atoms. The molecule has 4 rings (SSSR count). The van der Waals surface area contributed by atoms with Crippen LogP contribution in [0, 0.1) is 0 Å². The number of ether oxygens (including phenoxy) is 1. The topological polar surface area (TPSA) is 75.6 Å². The van der Waals surface area contributed by atoms with Crippen LogP contribution in [-0.2, 0) is 9.53 Å². The molecule has 2 aromatic heterocycles. The van der Waals surface area contributed by atoms with Crippen molar-refractivity contribution in [3.05, 3.63) is 54.9 Å². The summed E-state index contributed by atoms with van der Waals surface area (Å²) in [4.78, 5) is 38.7.